The number of nitrogens with one attached hydrogen (secondary N) is 2. The first-order valence-corrected chi connectivity index (χ1v) is 11.5. The molecule has 0 spiro atoms. The highest BCUT2D eigenvalue weighted by Crippen LogP contribution is 2.28. The van der Waals surface area contributed by atoms with E-state index in [4.69, 9.17) is 4.99 Å². The summed E-state index contributed by atoms with van der Waals surface area (Å²) in [6.45, 7) is 12.9. The third-order valence-electron chi connectivity index (χ3n) is 5.33. The van der Waals surface area contributed by atoms with Gasteiger partial charge in [0.05, 0.1) is 12.6 Å². The molecular formula is C21H40IN5S. The number of aliphatic imine (C=N–C) groups is 1. The van der Waals surface area contributed by atoms with E-state index in [0.717, 1.165) is 32.1 Å². The Morgan fingerprint density at radius 2 is 2.00 bits per heavy atom. The molecule has 0 saturated carbocycles. The molecule has 0 amide bonds. The third-order valence-corrected chi connectivity index (χ3v) is 6.30. The number of thiophene rings is 1. The molecule has 2 heterocycles. The molecule has 162 valence electrons. The number of rotatable bonds is 11. The lowest BCUT2D eigenvalue weighted by Crippen LogP contribution is -2.39. The van der Waals surface area contributed by atoms with E-state index in [2.05, 4.69) is 65.8 Å². The maximum Gasteiger partial charge on any atom is 0.191 e. The first-order valence-electron chi connectivity index (χ1n) is 10.6. The zero-order chi connectivity index (χ0) is 19.5. The molecule has 5 nitrogen and oxygen atoms in total. The Balaban J connectivity index is 0.00000392. The Labute approximate surface area is 193 Å². The first-order chi connectivity index (χ1) is 13.1. The number of guanidine groups is 1. The van der Waals surface area contributed by atoms with E-state index in [1.807, 2.05) is 11.3 Å². The fourth-order valence-electron chi connectivity index (χ4n) is 3.39. The molecule has 2 N–H and O–H groups in total. The fourth-order valence-corrected chi connectivity index (χ4v) is 4.24. The Morgan fingerprint density at radius 3 is 2.61 bits per heavy atom. The molecule has 7 heteroatoms. The van der Waals surface area contributed by atoms with Crippen molar-refractivity contribution in [1.82, 2.24) is 20.4 Å². The van der Waals surface area contributed by atoms with Gasteiger partial charge in [-0.25, -0.2) is 0 Å². The van der Waals surface area contributed by atoms with Gasteiger partial charge in [0.15, 0.2) is 5.96 Å². The summed E-state index contributed by atoms with van der Waals surface area (Å²) in [6, 6.07) is 5.46. The third kappa shape index (κ3) is 8.97. The van der Waals surface area contributed by atoms with Gasteiger partial charge in [0.1, 0.15) is 0 Å². The van der Waals surface area contributed by atoms with Crippen molar-refractivity contribution >= 4 is 41.3 Å². The molecular weight excluding hydrogens is 481 g/mol. The summed E-state index contributed by atoms with van der Waals surface area (Å²) >= 11 is 1.86. The van der Waals surface area contributed by atoms with Crippen LogP contribution < -0.4 is 10.6 Å². The molecule has 1 aliphatic rings. The molecule has 1 fully saturated rings. The van der Waals surface area contributed by atoms with Crippen molar-refractivity contribution in [2.45, 2.75) is 58.5 Å². The minimum atomic E-state index is 0. The summed E-state index contributed by atoms with van der Waals surface area (Å²) in [6.07, 6.45) is 5.01. The molecule has 0 aliphatic carbocycles. The first kappa shape index (κ1) is 25.7. The summed E-state index contributed by atoms with van der Waals surface area (Å²) in [5, 5.41) is 9.11. The largest absolute Gasteiger partial charge is 0.357 e. The monoisotopic (exact) mass is 521 g/mol. The van der Waals surface area contributed by atoms with Crippen molar-refractivity contribution in [3.05, 3.63) is 22.4 Å². The van der Waals surface area contributed by atoms with Crippen LogP contribution in [0.5, 0.6) is 0 Å². The van der Waals surface area contributed by atoms with Crippen LogP contribution in [0, 0.1) is 0 Å². The minimum Gasteiger partial charge on any atom is -0.357 e. The van der Waals surface area contributed by atoms with E-state index in [1.54, 1.807) is 0 Å². The topological polar surface area (TPSA) is 42.9 Å². The lowest BCUT2D eigenvalue weighted by atomic mass is 10.2. The van der Waals surface area contributed by atoms with E-state index >= 15 is 0 Å². The van der Waals surface area contributed by atoms with Gasteiger partial charge in [0.2, 0.25) is 0 Å². The van der Waals surface area contributed by atoms with Gasteiger partial charge < -0.3 is 15.5 Å². The molecule has 28 heavy (non-hydrogen) atoms. The molecule has 0 aromatic carbocycles. The van der Waals surface area contributed by atoms with Crippen LogP contribution in [-0.4, -0.2) is 68.1 Å². The normalized spacial score (nSPS) is 16.4. The molecule has 1 aromatic rings. The van der Waals surface area contributed by atoms with Crippen molar-refractivity contribution in [3.63, 3.8) is 0 Å². The van der Waals surface area contributed by atoms with E-state index in [0.29, 0.717) is 12.1 Å². The van der Waals surface area contributed by atoms with Crippen LogP contribution in [0.15, 0.2) is 22.5 Å². The average molecular weight is 522 g/mol. The number of likely N-dealkylation sites (tertiary alicyclic amines) is 1. The van der Waals surface area contributed by atoms with Crippen molar-refractivity contribution in [2.75, 3.05) is 46.3 Å². The predicted octanol–water partition coefficient (Wildman–Crippen LogP) is 4.18. The van der Waals surface area contributed by atoms with Crippen LogP contribution in [0.1, 0.15) is 57.4 Å². The molecule has 1 aromatic heterocycles. The van der Waals surface area contributed by atoms with Crippen molar-refractivity contribution in [3.8, 4) is 0 Å². The summed E-state index contributed by atoms with van der Waals surface area (Å²) in [4.78, 5) is 11.4. The zero-order valence-electron chi connectivity index (χ0n) is 18.1. The van der Waals surface area contributed by atoms with Gasteiger partial charge in [-0.3, -0.25) is 9.89 Å². The summed E-state index contributed by atoms with van der Waals surface area (Å²) in [5.41, 5.74) is 0. The summed E-state index contributed by atoms with van der Waals surface area (Å²) in [5.74, 6) is 0.954. The average Bonchev–Trinajstić information content (AvgIpc) is 3.35. The van der Waals surface area contributed by atoms with Gasteiger partial charge in [-0.2, -0.15) is 0 Å². The Bertz CT molecular complexity index is 529. The maximum absolute atomic E-state index is 4.92. The van der Waals surface area contributed by atoms with Crippen LogP contribution in [0.2, 0.25) is 0 Å². The highest BCUT2D eigenvalue weighted by Gasteiger charge is 2.24. The van der Waals surface area contributed by atoms with Gasteiger partial charge >= 0.3 is 0 Å². The lowest BCUT2D eigenvalue weighted by Gasteiger charge is -2.25. The number of halogens is 1. The molecule has 0 radical (unpaired) electrons. The van der Waals surface area contributed by atoms with Crippen LogP contribution in [-0.2, 0) is 0 Å². The van der Waals surface area contributed by atoms with Gasteiger partial charge in [0.25, 0.3) is 0 Å². The van der Waals surface area contributed by atoms with Crippen LogP contribution in [0.4, 0.5) is 0 Å². The summed E-state index contributed by atoms with van der Waals surface area (Å²) in [7, 11) is 2.20. The standard InChI is InChI=1S/C21H39N5S.HI/c1-5-22-21(23-12-6-7-13-25(4)18(2)3)24-17-19(20-11-10-16-27-20)26-14-8-9-15-26;/h10-11,16,18-19H,5-9,12-15,17H2,1-4H3,(H2,22,23,24);1H. The van der Waals surface area contributed by atoms with Crippen molar-refractivity contribution in [2.24, 2.45) is 4.99 Å². The van der Waals surface area contributed by atoms with Crippen LogP contribution in [0.3, 0.4) is 0 Å². The van der Waals surface area contributed by atoms with E-state index < -0.39 is 0 Å². The minimum absolute atomic E-state index is 0. The number of nitrogens with zero attached hydrogens (tertiary/aromatic N) is 3. The van der Waals surface area contributed by atoms with Gasteiger partial charge in [-0.05, 0) is 84.6 Å². The molecule has 1 aliphatic heterocycles. The Morgan fingerprint density at radius 1 is 1.25 bits per heavy atom. The van der Waals surface area contributed by atoms with Gasteiger partial charge in [-0.1, -0.05) is 6.07 Å². The van der Waals surface area contributed by atoms with E-state index in [1.165, 1.54) is 43.6 Å². The van der Waals surface area contributed by atoms with E-state index in [-0.39, 0.29) is 24.0 Å². The smallest absolute Gasteiger partial charge is 0.191 e. The van der Waals surface area contributed by atoms with Gasteiger partial charge in [-0.15, -0.1) is 35.3 Å². The van der Waals surface area contributed by atoms with Crippen LogP contribution >= 0.6 is 35.3 Å². The fraction of sp³-hybridized carbons (Fsp3) is 0.762. The highest BCUT2D eigenvalue weighted by molar-refractivity contribution is 14.0. The van der Waals surface area contributed by atoms with Crippen LogP contribution in [0.25, 0.3) is 0 Å². The second-order valence-corrected chi connectivity index (χ2v) is 8.68. The zero-order valence-corrected chi connectivity index (χ0v) is 21.3. The van der Waals surface area contributed by atoms with Crippen molar-refractivity contribution in [1.29, 1.82) is 0 Å². The SMILES string of the molecule is CCNC(=NCC(c1cccs1)N1CCCC1)NCCCCN(C)C(C)C.I. The number of hydrogen-bond acceptors (Lipinski definition) is 4. The second-order valence-electron chi connectivity index (χ2n) is 7.70. The molecule has 1 atom stereocenters. The molecule has 1 unspecified atom stereocenters. The number of hydrogen-bond donors (Lipinski definition) is 2. The molecule has 2 rings (SSSR count). The van der Waals surface area contributed by atoms with E-state index in [9.17, 15) is 0 Å². The quantitative estimate of drug-likeness (QED) is 0.199. The van der Waals surface area contributed by atoms with Gasteiger partial charge in [0, 0.05) is 24.0 Å². The Hall–Kier alpha value is -0.380. The lowest BCUT2D eigenvalue weighted by molar-refractivity contribution is 0.255. The van der Waals surface area contributed by atoms with Crippen molar-refractivity contribution < 1.29 is 0 Å². The highest BCUT2D eigenvalue weighted by atomic mass is 127. The second kappa shape index (κ2) is 14.6. The molecule has 0 bridgehead atoms. The Kier molecular flexibility index (Phi) is 13.4. The number of unbranched alkanes of at least 4 members (excludes halogenated alkanes) is 1. The maximum atomic E-state index is 4.92. The molecule has 1 saturated heterocycles. The predicted molar refractivity (Wildman–Crippen MR) is 134 cm³/mol. The summed E-state index contributed by atoms with van der Waals surface area (Å²) < 4.78 is 0.